The lowest BCUT2D eigenvalue weighted by Gasteiger charge is -2.27. The fourth-order valence-electron chi connectivity index (χ4n) is 2.76. The van der Waals surface area contributed by atoms with E-state index in [2.05, 4.69) is 23.3 Å². The van der Waals surface area contributed by atoms with Crippen molar-refractivity contribution in [1.82, 2.24) is 15.5 Å². The standard InChI is InChI=1S/C16H28N4O5S2/c1-9(13(21)19-11(16(24)25)5-7-27-2)18-14(22)12-4-3-6-20(12)15(23)10(17)8-26/h9-12,26H,3-8,17H2,1-2H3,(H,18,22)(H,19,21)(H,24,25). The van der Waals surface area contributed by atoms with Crippen molar-refractivity contribution >= 4 is 48.1 Å². The highest BCUT2D eigenvalue weighted by Gasteiger charge is 2.36. The molecule has 4 atom stereocenters. The Kier molecular flexibility index (Phi) is 9.95. The van der Waals surface area contributed by atoms with Crippen LogP contribution in [0.4, 0.5) is 0 Å². The van der Waals surface area contributed by atoms with Gasteiger partial charge in [-0.2, -0.15) is 24.4 Å². The third kappa shape index (κ3) is 6.89. The Bertz CT molecular complexity index is 563. The fraction of sp³-hybridized carbons (Fsp3) is 0.750. The van der Waals surface area contributed by atoms with Gasteiger partial charge in [0.25, 0.3) is 0 Å². The third-order valence-corrected chi connectivity index (χ3v) is 5.37. The molecule has 3 amide bonds. The van der Waals surface area contributed by atoms with Gasteiger partial charge in [0.15, 0.2) is 0 Å². The topological polar surface area (TPSA) is 142 Å². The number of thiol groups is 1. The molecule has 1 saturated heterocycles. The summed E-state index contributed by atoms with van der Waals surface area (Å²) in [5, 5.41) is 14.2. The van der Waals surface area contributed by atoms with Gasteiger partial charge in [0.1, 0.15) is 18.1 Å². The zero-order valence-electron chi connectivity index (χ0n) is 15.5. The van der Waals surface area contributed by atoms with Crippen molar-refractivity contribution in [2.45, 2.75) is 50.4 Å². The van der Waals surface area contributed by atoms with E-state index in [4.69, 9.17) is 5.73 Å². The Morgan fingerprint density at radius 3 is 2.56 bits per heavy atom. The molecule has 1 aliphatic heterocycles. The van der Waals surface area contributed by atoms with E-state index < -0.39 is 42.0 Å². The summed E-state index contributed by atoms with van der Waals surface area (Å²) in [6, 6.07) is -3.41. The molecule has 1 fully saturated rings. The molecular formula is C16H28N4O5S2. The molecule has 1 heterocycles. The van der Waals surface area contributed by atoms with E-state index in [0.29, 0.717) is 25.1 Å². The van der Waals surface area contributed by atoms with E-state index in [9.17, 15) is 24.3 Å². The van der Waals surface area contributed by atoms with Gasteiger partial charge in [-0.1, -0.05) is 0 Å². The number of hydrogen-bond donors (Lipinski definition) is 5. The molecular weight excluding hydrogens is 392 g/mol. The van der Waals surface area contributed by atoms with Crippen molar-refractivity contribution in [2.24, 2.45) is 5.73 Å². The molecule has 9 nitrogen and oxygen atoms in total. The van der Waals surface area contributed by atoms with Crippen molar-refractivity contribution in [3.8, 4) is 0 Å². The summed E-state index contributed by atoms with van der Waals surface area (Å²) < 4.78 is 0. The lowest BCUT2D eigenvalue weighted by atomic mass is 10.1. The number of carbonyl (C=O) groups is 4. The molecule has 0 saturated carbocycles. The van der Waals surface area contributed by atoms with Crippen LogP contribution in [-0.2, 0) is 19.2 Å². The summed E-state index contributed by atoms with van der Waals surface area (Å²) >= 11 is 5.49. The first-order valence-corrected chi connectivity index (χ1v) is 10.7. The van der Waals surface area contributed by atoms with Crippen LogP contribution in [0.1, 0.15) is 26.2 Å². The Balaban J connectivity index is 2.65. The summed E-state index contributed by atoms with van der Waals surface area (Å²) in [4.78, 5) is 49.7. The van der Waals surface area contributed by atoms with E-state index in [0.717, 1.165) is 0 Å². The Morgan fingerprint density at radius 2 is 2.00 bits per heavy atom. The van der Waals surface area contributed by atoms with Crippen LogP contribution in [0.15, 0.2) is 0 Å². The van der Waals surface area contributed by atoms with E-state index >= 15 is 0 Å². The Hall–Kier alpha value is -1.46. The van der Waals surface area contributed by atoms with Crippen molar-refractivity contribution in [2.75, 3.05) is 24.3 Å². The number of hydrogen-bond acceptors (Lipinski definition) is 7. The average Bonchev–Trinajstić information content (AvgIpc) is 3.12. The van der Waals surface area contributed by atoms with Crippen molar-refractivity contribution in [1.29, 1.82) is 0 Å². The number of nitrogens with one attached hydrogen (secondary N) is 2. The second-order valence-corrected chi connectivity index (χ2v) is 7.74. The van der Waals surface area contributed by atoms with Crippen LogP contribution in [0, 0.1) is 0 Å². The van der Waals surface area contributed by atoms with Crippen LogP contribution in [0.25, 0.3) is 0 Å². The van der Waals surface area contributed by atoms with Crippen molar-refractivity contribution in [3.05, 3.63) is 0 Å². The van der Waals surface area contributed by atoms with Gasteiger partial charge in [-0.05, 0) is 38.2 Å². The molecule has 4 unspecified atom stereocenters. The largest absolute Gasteiger partial charge is 0.480 e. The van der Waals surface area contributed by atoms with Gasteiger partial charge in [0.05, 0.1) is 6.04 Å². The van der Waals surface area contributed by atoms with Gasteiger partial charge >= 0.3 is 5.97 Å². The zero-order valence-corrected chi connectivity index (χ0v) is 17.2. The van der Waals surface area contributed by atoms with Gasteiger partial charge in [0, 0.05) is 12.3 Å². The minimum Gasteiger partial charge on any atom is -0.480 e. The number of carbonyl (C=O) groups excluding carboxylic acids is 3. The second kappa shape index (κ2) is 11.4. The van der Waals surface area contributed by atoms with Gasteiger partial charge in [-0.15, -0.1) is 0 Å². The molecule has 0 radical (unpaired) electrons. The van der Waals surface area contributed by atoms with Gasteiger partial charge in [-0.3, -0.25) is 14.4 Å². The highest BCUT2D eigenvalue weighted by molar-refractivity contribution is 7.98. The molecule has 0 spiro atoms. The number of carboxylic acid groups (broad SMARTS) is 1. The summed E-state index contributed by atoms with van der Waals surface area (Å²) in [7, 11) is 0. The van der Waals surface area contributed by atoms with E-state index in [1.54, 1.807) is 0 Å². The minimum absolute atomic E-state index is 0.176. The van der Waals surface area contributed by atoms with Crippen LogP contribution in [0.2, 0.25) is 0 Å². The van der Waals surface area contributed by atoms with Crippen molar-refractivity contribution < 1.29 is 24.3 Å². The molecule has 0 aromatic rings. The molecule has 27 heavy (non-hydrogen) atoms. The fourth-order valence-corrected chi connectivity index (χ4v) is 3.39. The lowest BCUT2D eigenvalue weighted by molar-refractivity contribution is -0.143. The van der Waals surface area contributed by atoms with Crippen LogP contribution in [0.3, 0.4) is 0 Å². The van der Waals surface area contributed by atoms with E-state index in [-0.39, 0.29) is 18.1 Å². The second-order valence-electron chi connectivity index (χ2n) is 6.39. The predicted octanol–water partition coefficient (Wildman–Crippen LogP) is -0.938. The predicted molar refractivity (Wildman–Crippen MR) is 107 cm³/mol. The molecule has 1 aliphatic rings. The molecule has 11 heteroatoms. The molecule has 5 N–H and O–H groups in total. The summed E-state index contributed by atoms with van der Waals surface area (Å²) in [5.41, 5.74) is 5.71. The summed E-state index contributed by atoms with van der Waals surface area (Å²) in [6.07, 6.45) is 3.28. The quantitative estimate of drug-likeness (QED) is 0.287. The Morgan fingerprint density at radius 1 is 1.33 bits per heavy atom. The van der Waals surface area contributed by atoms with E-state index in [1.807, 2.05) is 6.26 Å². The molecule has 0 aliphatic carbocycles. The van der Waals surface area contributed by atoms with Crippen LogP contribution < -0.4 is 16.4 Å². The first-order chi connectivity index (χ1) is 12.7. The average molecular weight is 421 g/mol. The number of nitrogens with two attached hydrogens (primary N) is 1. The SMILES string of the molecule is CSCCC(NC(=O)C(C)NC(=O)C1CCCN1C(=O)C(N)CS)C(=O)O. The normalized spacial score (nSPS) is 19.9. The number of thioether (sulfide) groups is 1. The number of likely N-dealkylation sites (tertiary alicyclic amines) is 1. The molecule has 0 bridgehead atoms. The van der Waals surface area contributed by atoms with Crippen LogP contribution >= 0.6 is 24.4 Å². The molecule has 0 aromatic carbocycles. The maximum atomic E-state index is 12.5. The van der Waals surface area contributed by atoms with Crippen LogP contribution in [0.5, 0.6) is 0 Å². The third-order valence-electron chi connectivity index (χ3n) is 4.33. The minimum atomic E-state index is -1.12. The smallest absolute Gasteiger partial charge is 0.326 e. The highest BCUT2D eigenvalue weighted by atomic mass is 32.2. The lowest BCUT2D eigenvalue weighted by Crippen LogP contribution is -2.56. The molecule has 154 valence electrons. The highest BCUT2D eigenvalue weighted by Crippen LogP contribution is 2.18. The summed E-state index contributed by atoms with van der Waals surface area (Å²) in [5.74, 6) is -1.74. The van der Waals surface area contributed by atoms with Crippen LogP contribution in [-0.4, -0.2) is 82.2 Å². The first kappa shape index (κ1) is 23.6. The first-order valence-electron chi connectivity index (χ1n) is 8.72. The van der Waals surface area contributed by atoms with Gasteiger partial charge < -0.3 is 26.4 Å². The maximum absolute atomic E-state index is 12.5. The maximum Gasteiger partial charge on any atom is 0.326 e. The van der Waals surface area contributed by atoms with Gasteiger partial charge in [-0.25, -0.2) is 4.79 Å². The monoisotopic (exact) mass is 420 g/mol. The number of carboxylic acids is 1. The zero-order chi connectivity index (χ0) is 20.6. The number of nitrogens with zero attached hydrogens (tertiary/aromatic N) is 1. The molecule has 1 rings (SSSR count). The molecule has 0 aromatic heterocycles. The Labute approximate surface area is 168 Å². The van der Waals surface area contributed by atoms with Gasteiger partial charge in [0.2, 0.25) is 17.7 Å². The number of amides is 3. The van der Waals surface area contributed by atoms with E-state index in [1.165, 1.54) is 23.6 Å². The summed E-state index contributed by atoms with van der Waals surface area (Å²) in [6.45, 7) is 1.90. The number of rotatable bonds is 10. The van der Waals surface area contributed by atoms with Crippen molar-refractivity contribution in [3.63, 3.8) is 0 Å². The number of aliphatic carboxylic acids is 1.